The fraction of sp³-hybridized carbons (Fsp3) is 0.304. The van der Waals surface area contributed by atoms with Gasteiger partial charge in [-0.25, -0.2) is 13.4 Å². The molecule has 1 aromatic heterocycles. The molecule has 4 rings (SSSR count). The van der Waals surface area contributed by atoms with Gasteiger partial charge in [-0.05, 0) is 30.7 Å². The molecule has 0 atom stereocenters. The minimum atomic E-state index is -3.74. The smallest absolute Gasteiger partial charge is 0.261 e. The first-order valence-electron chi connectivity index (χ1n) is 10.4. The molecule has 1 saturated heterocycles. The quantitative estimate of drug-likeness (QED) is 0.549. The van der Waals surface area contributed by atoms with Crippen molar-refractivity contribution >= 4 is 32.4 Å². The predicted molar refractivity (Wildman–Crippen MR) is 127 cm³/mol. The van der Waals surface area contributed by atoms with Gasteiger partial charge in [0.1, 0.15) is 5.75 Å². The van der Waals surface area contributed by atoms with Crippen molar-refractivity contribution in [3.05, 3.63) is 70.2 Å². The number of amides is 1. The maximum atomic E-state index is 13.0. The Labute approximate surface area is 197 Å². The zero-order chi connectivity index (χ0) is 23.4. The second-order valence-corrected chi connectivity index (χ2v) is 10.7. The van der Waals surface area contributed by atoms with E-state index in [1.54, 1.807) is 6.20 Å². The second kappa shape index (κ2) is 10.0. The molecule has 1 amide bonds. The molecule has 1 fully saturated rings. The Morgan fingerprint density at radius 3 is 2.61 bits per heavy atom. The predicted octanol–water partition coefficient (Wildman–Crippen LogP) is 3.32. The van der Waals surface area contributed by atoms with Gasteiger partial charge in [0.25, 0.3) is 5.91 Å². The van der Waals surface area contributed by atoms with Crippen LogP contribution in [0.5, 0.6) is 5.75 Å². The number of ether oxygens (including phenoxy) is 2. The lowest BCUT2D eigenvalue weighted by atomic mass is 10.1. The Morgan fingerprint density at radius 1 is 1.18 bits per heavy atom. The van der Waals surface area contributed by atoms with Gasteiger partial charge in [0, 0.05) is 30.6 Å². The molecule has 1 N–H and O–H groups in total. The molecule has 0 aliphatic carbocycles. The van der Waals surface area contributed by atoms with Crippen molar-refractivity contribution in [3.63, 3.8) is 0 Å². The van der Waals surface area contributed by atoms with E-state index < -0.39 is 15.9 Å². The van der Waals surface area contributed by atoms with E-state index in [2.05, 4.69) is 34.6 Å². The normalized spacial score (nSPS) is 14.7. The van der Waals surface area contributed by atoms with Crippen LogP contribution in [0.3, 0.4) is 0 Å². The number of hydrogen-bond donors (Lipinski definition) is 1. The minimum Gasteiger partial charge on any atom is -0.496 e. The van der Waals surface area contributed by atoms with Crippen molar-refractivity contribution in [3.8, 4) is 5.75 Å². The van der Waals surface area contributed by atoms with Crippen LogP contribution in [0.2, 0.25) is 0 Å². The first kappa shape index (κ1) is 23.4. The summed E-state index contributed by atoms with van der Waals surface area (Å²) in [5.41, 5.74) is 2.48. The third-order valence-electron chi connectivity index (χ3n) is 5.30. The van der Waals surface area contributed by atoms with Crippen LogP contribution in [0.25, 0.3) is 0 Å². The Balaban J connectivity index is 1.52. The zero-order valence-corrected chi connectivity index (χ0v) is 20.0. The van der Waals surface area contributed by atoms with Crippen molar-refractivity contribution < 1.29 is 22.7 Å². The van der Waals surface area contributed by atoms with Crippen LogP contribution in [0, 0.1) is 6.92 Å². The molecule has 0 spiro atoms. The highest BCUT2D eigenvalue weighted by Crippen LogP contribution is 2.27. The molecule has 2 aromatic carbocycles. The molecule has 33 heavy (non-hydrogen) atoms. The average molecular weight is 488 g/mol. The number of carbonyl (C=O) groups excluding carboxylic acids is 1. The summed E-state index contributed by atoms with van der Waals surface area (Å²) in [6.45, 7) is 3.28. The van der Waals surface area contributed by atoms with Gasteiger partial charge in [-0.15, -0.1) is 11.3 Å². The highest BCUT2D eigenvalue weighted by molar-refractivity contribution is 7.89. The van der Waals surface area contributed by atoms with Gasteiger partial charge in [-0.2, -0.15) is 4.31 Å². The van der Waals surface area contributed by atoms with Gasteiger partial charge in [0.15, 0.2) is 5.13 Å². The van der Waals surface area contributed by atoms with Crippen LogP contribution in [-0.2, 0) is 21.2 Å². The Hall–Kier alpha value is -2.79. The third-order valence-corrected chi connectivity index (χ3v) is 8.10. The highest BCUT2D eigenvalue weighted by atomic mass is 32.2. The van der Waals surface area contributed by atoms with Crippen molar-refractivity contribution in [1.29, 1.82) is 0 Å². The van der Waals surface area contributed by atoms with E-state index in [1.807, 2.05) is 6.92 Å². The van der Waals surface area contributed by atoms with Gasteiger partial charge < -0.3 is 9.47 Å². The van der Waals surface area contributed by atoms with Crippen LogP contribution in [-0.4, -0.2) is 57.0 Å². The number of nitrogens with one attached hydrogen (secondary N) is 1. The second-order valence-electron chi connectivity index (χ2n) is 7.63. The molecule has 0 bridgehead atoms. The standard InChI is InChI=1S/C23H25N3O5S2/c1-16-3-5-17(6-4-16)13-18-15-24-23(32-18)25-22(27)20-14-19(7-8-21(20)30-2)33(28,29)26-9-11-31-12-10-26/h3-8,14-15H,9-13H2,1-2H3,(H,24,25,27). The van der Waals surface area contributed by atoms with Crippen molar-refractivity contribution in [2.45, 2.75) is 18.2 Å². The minimum absolute atomic E-state index is 0.0366. The maximum absolute atomic E-state index is 13.0. The van der Waals surface area contributed by atoms with Crippen molar-refractivity contribution in [2.24, 2.45) is 0 Å². The number of thiazole rings is 1. The number of anilines is 1. The van der Waals surface area contributed by atoms with E-state index in [1.165, 1.54) is 46.5 Å². The summed E-state index contributed by atoms with van der Waals surface area (Å²) in [5, 5.41) is 3.20. The zero-order valence-electron chi connectivity index (χ0n) is 18.4. The Kier molecular flexibility index (Phi) is 7.08. The number of aromatic nitrogens is 1. The van der Waals surface area contributed by atoms with Gasteiger partial charge in [-0.1, -0.05) is 29.8 Å². The van der Waals surface area contributed by atoms with Crippen molar-refractivity contribution in [2.75, 3.05) is 38.7 Å². The lowest BCUT2D eigenvalue weighted by Gasteiger charge is -2.26. The number of hydrogen-bond acceptors (Lipinski definition) is 7. The first-order valence-corrected chi connectivity index (χ1v) is 12.7. The lowest BCUT2D eigenvalue weighted by Crippen LogP contribution is -2.40. The lowest BCUT2D eigenvalue weighted by molar-refractivity contribution is 0.0730. The van der Waals surface area contributed by atoms with Gasteiger partial charge in [0.05, 0.1) is 30.8 Å². The van der Waals surface area contributed by atoms with E-state index in [-0.39, 0.29) is 29.3 Å². The van der Waals surface area contributed by atoms with Crippen LogP contribution in [0.4, 0.5) is 5.13 Å². The highest BCUT2D eigenvalue weighted by Gasteiger charge is 2.28. The van der Waals surface area contributed by atoms with E-state index in [4.69, 9.17) is 9.47 Å². The molecule has 0 unspecified atom stereocenters. The van der Waals surface area contributed by atoms with E-state index in [0.717, 1.165) is 10.4 Å². The summed E-state index contributed by atoms with van der Waals surface area (Å²) in [6.07, 6.45) is 2.45. The number of nitrogens with zero attached hydrogens (tertiary/aromatic N) is 2. The molecular weight excluding hydrogens is 462 g/mol. The van der Waals surface area contributed by atoms with Gasteiger partial charge >= 0.3 is 0 Å². The molecule has 2 heterocycles. The molecular formula is C23H25N3O5S2. The average Bonchev–Trinajstić information content (AvgIpc) is 3.27. The summed E-state index contributed by atoms with van der Waals surface area (Å²) >= 11 is 1.38. The first-order chi connectivity index (χ1) is 15.9. The largest absolute Gasteiger partial charge is 0.496 e. The number of carbonyl (C=O) groups is 1. The third kappa shape index (κ3) is 5.41. The number of benzene rings is 2. The molecule has 10 heteroatoms. The Bertz CT molecular complexity index is 1230. The van der Waals surface area contributed by atoms with Gasteiger partial charge in [0.2, 0.25) is 10.0 Å². The van der Waals surface area contributed by atoms with Crippen LogP contribution in [0.15, 0.2) is 53.6 Å². The van der Waals surface area contributed by atoms with Crippen LogP contribution < -0.4 is 10.1 Å². The SMILES string of the molecule is COc1ccc(S(=O)(=O)N2CCOCC2)cc1C(=O)Nc1ncc(Cc2ccc(C)cc2)s1. The van der Waals surface area contributed by atoms with E-state index >= 15 is 0 Å². The number of sulfonamides is 1. The molecule has 8 nitrogen and oxygen atoms in total. The fourth-order valence-electron chi connectivity index (χ4n) is 3.48. The molecule has 0 radical (unpaired) electrons. The molecule has 3 aromatic rings. The Morgan fingerprint density at radius 2 is 1.91 bits per heavy atom. The molecule has 1 aliphatic rings. The summed E-state index contributed by atoms with van der Waals surface area (Å²) in [5.74, 6) is -0.202. The molecule has 0 saturated carbocycles. The maximum Gasteiger partial charge on any atom is 0.261 e. The van der Waals surface area contributed by atoms with Crippen LogP contribution >= 0.6 is 11.3 Å². The van der Waals surface area contributed by atoms with Crippen molar-refractivity contribution in [1.82, 2.24) is 9.29 Å². The van der Waals surface area contributed by atoms with E-state index in [0.29, 0.717) is 24.8 Å². The summed E-state index contributed by atoms with van der Waals surface area (Å²) in [4.78, 5) is 18.3. The molecule has 1 aliphatic heterocycles. The summed E-state index contributed by atoms with van der Waals surface area (Å²) in [7, 11) is -2.31. The topological polar surface area (TPSA) is 97.8 Å². The van der Waals surface area contributed by atoms with Crippen LogP contribution in [0.1, 0.15) is 26.4 Å². The number of methoxy groups -OCH3 is 1. The number of morpholine rings is 1. The van der Waals surface area contributed by atoms with E-state index in [9.17, 15) is 13.2 Å². The molecule has 174 valence electrons. The summed E-state index contributed by atoms with van der Waals surface area (Å²) < 4.78 is 37.9. The van der Waals surface area contributed by atoms with Gasteiger partial charge in [-0.3, -0.25) is 10.1 Å². The summed E-state index contributed by atoms with van der Waals surface area (Å²) in [6, 6.07) is 12.5. The monoisotopic (exact) mass is 487 g/mol. The fourth-order valence-corrected chi connectivity index (χ4v) is 5.76. The number of rotatable bonds is 7. The number of aryl methyl sites for hydroxylation is 1.